The maximum atomic E-state index is 13.7. The van der Waals surface area contributed by atoms with Gasteiger partial charge in [0, 0.05) is 13.8 Å². The molecule has 52 heavy (non-hydrogen) atoms. The van der Waals surface area contributed by atoms with Gasteiger partial charge < -0.3 is 42.6 Å². The van der Waals surface area contributed by atoms with Gasteiger partial charge in [-0.3, -0.25) is 9.59 Å². The smallest absolute Gasteiger partial charge is 0.338 e. The van der Waals surface area contributed by atoms with Crippen LogP contribution in [0.2, 0.25) is 0 Å². The summed E-state index contributed by atoms with van der Waals surface area (Å²) in [5.74, 6) is -1.82. The Kier molecular flexibility index (Phi) is 14.1. The van der Waals surface area contributed by atoms with E-state index >= 15 is 0 Å². The second kappa shape index (κ2) is 18.9. The van der Waals surface area contributed by atoms with Crippen LogP contribution in [0, 0.1) is 0 Å². The molecule has 0 unspecified atom stereocenters. The quantitative estimate of drug-likeness (QED) is 0.108. The van der Waals surface area contributed by atoms with Crippen molar-refractivity contribution >= 4 is 17.9 Å². The zero-order chi connectivity index (χ0) is 37.0. The topological polar surface area (TPSA) is 134 Å². The molecule has 3 aromatic rings. The lowest BCUT2D eigenvalue weighted by atomic mass is 9.98. The van der Waals surface area contributed by atoms with Crippen molar-refractivity contribution < 1.29 is 57.0 Å². The molecule has 0 amide bonds. The third-order valence-corrected chi connectivity index (χ3v) is 8.55. The minimum absolute atomic E-state index is 0.102. The molecular weight excluding hydrogens is 672 g/mol. The van der Waals surface area contributed by atoms with E-state index in [9.17, 15) is 14.4 Å². The average Bonchev–Trinajstić information content (AvgIpc) is 3.47. The van der Waals surface area contributed by atoms with Crippen LogP contribution < -0.4 is 0 Å². The Morgan fingerprint density at radius 3 is 1.83 bits per heavy atom. The lowest BCUT2D eigenvalue weighted by Gasteiger charge is -2.45. The van der Waals surface area contributed by atoms with Crippen molar-refractivity contribution in [3.8, 4) is 0 Å². The summed E-state index contributed by atoms with van der Waals surface area (Å²) in [6.07, 6.45) is -8.39. The van der Waals surface area contributed by atoms with Gasteiger partial charge in [0.2, 0.25) is 6.29 Å². The van der Waals surface area contributed by atoms with Gasteiger partial charge in [0.15, 0.2) is 12.4 Å². The first-order valence-electron chi connectivity index (χ1n) is 17.2. The highest BCUT2D eigenvalue weighted by atomic mass is 16.8. The van der Waals surface area contributed by atoms with E-state index in [0.29, 0.717) is 5.56 Å². The van der Waals surface area contributed by atoms with E-state index in [1.165, 1.54) is 13.8 Å². The van der Waals surface area contributed by atoms with Gasteiger partial charge in [-0.2, -0.15) is 0 Å². The van der Waals surface area contributed by atoms with Gasteiger partial charge in [-0.1, -0.05) is 84.9 Å². The van der Waals surface area contributed by atoms with Gasteiger partial charge in [-0.05, 0) is 37.1 Å². The summed E-state index contributed by atoms with van der Waals surface area (Å²) in [4.78, 5) is 38.0. The van der Waals surface area contributed by atoms with Crippen LogP contribution in [-0.2, 0) is 65.4 Å². The van der Waals surface area contributed by atoms with Crippen LogP contribution >= 0.6 is 0 Å². The molecule has 2 fully saturated rings. The summed E-state index contributed by atoms with van der Waals surface area (Å²) < 4.78 is 55.7. The van der Waals surface area contributed by atoms with Gasteiger partial charge in [0.25, 0.3) is 0 Å². The third-order valence-electron chi connectivity index (χ3n) is 8.55. The summed E-state index contributed by atoms with van der Waals surface area (Å²) in [7, 11) is 0. The Balaban J connectivity index is 1.51. The molecule has 2 heterocycles. The van der Waals surface area contributed by atoms with Crippen LogP contribution in [0.25, 0.3) is 0 Å². The van der Waals surface area contributed by atoms with Crippen molar-refractivity contribution in [2.45, 2.75) is 102 Å². The zero-order valence-corrected chi connectivity index (χ0v) is 29.7. The predicted molar refractivity (Wildman–Crippen MR) is 186 cm³/mol. The molecule has 10 atom stereocenters. The molecule has 5 rings (SSSR count). The second-order valence-electron chi connectivity index (χ2n) is 12.5. The first-order valence-corrected chi connectivity index (χ1v) is 17.2. The number of ether oxygens (including phenoxy) is 9. The Bertz CT molecular complexity index is 1590. The summed E-state index contributed by atoms with van der Waals surface area (Å²) in [6.45, 7) is 10.2. The molecule has 0 saturated carbocycles. The standard InChI is InChI=1S/C40H46O12/c1-6-22-44-34-32(45-23-29-16-10-7-11-17-29)25(2)48-40(37(34)50-38(43)31-20-14-9-15-21-31)52-35-33(26(3)47-27(4)41)51-39(49-28(5)42)36(35)46-24-30-18-12-8-13-19-30/h6-21,25-26,32-37,39-40H,1,22-24H2,2-5H3/t25-,26+,32+,33+,34+,35-,36-,37-,39-,40+/m0/s1. The highest BCUT2D eigenvalue weighted by Crippen LogP contribution is 2.37. The van der Waals surface area contributed by atoms with Crippen molar-refractivity contribution in [2.24, 2.45) is 0 Å². The van der Waals surface area contributed by atoms with Gasteiger partial charge in [0.1, 0.15) is 36.6 Å². The van der Waals surface area contributed by atoms with Crippen molar-refractivity contribution in [3.63, 3.8) is 0 Å². The van der Waals surface area contributed by atoms with Gasteiger partial charge in [-0.25, -0.2) is 4.79 Å². The van der Waals surface area contributed by atoms with E-state index in [2.05, 4.69) is 6.58 Å². The number of hydrogen-bond acceptors (Lipinski definition) is 12. The van der Waals surface area contributed by atoms with E-state index < -0.39 is 79.3 Å². The van der Waals surface area contributed by atoms with E-state index in [1.807, 2.05) is 60.7 Å². The third kappa shape index (κ3) is 10.3. The van der Waals surface area contributed by atoms with E-state index in [1.54, 1.807) is 50.3 Å². The Morgan fingerprint density at radius 2 is 1.27 bits per heavy atom. The number of carbonyl (C=O) groups is 3. The summed E-state index contributed by atoms with van der Waals surface area (Å²) in [6, 6.07) is 27.5. The maximum absolute atomic E-state index is 13.7. The van der Waals surface area contributed by atoms with Gasteiger partial charge in [-0.15, -0.1) is 6.58 Å². The number of rotatable bonds is 16. The first kappa shape index (κ1) is 38.8. The highest BCUT2D eigenvalue weighted by Gasteiger charge is 2.56. The molecule has 278 valence electrons. The number of benzene rings is 3. The van der Waals surface area contributed by atoms with E-state index in [0.717, 1.165) is 11.1 Å². The molecule has 0 aromatic heterocycles. The number of carbonyl (C=O) groups excluding carboxylic acids is 3. The fraction of sp³-hybridized carbons (Fsp3) is 0.425. The van der Waals surface area contributed by atoms with Crippen LogP contribution in [0.3, 0.4) is 0 Å². The second-order valence-corrected chi connectivity index (χ2v) is 12.5. The van der Waals surface area contributed by atoms with E-state index in [-0.39, 0.29) is 19.8 Å². The van der Waals surface area contributed by atoms with Crippen molar-refractivity contribution in [2.75, 3.05) is 6.61 Å². The monoisotopic (exact) mass is 718 g/mol. The molecule has 3 aromatic carbocycles. The lowest BCUT2D eigenvalue weighted by Crippen LogP contribution is -2.62. The molecule has 2 aliphatic rings. The van der Waals surface area contributed by atoms with Gasteiger partial charge >= 0.3 is 17.9 Å². The maximum Gasteiger partial charge on any atom is 0.338 e. The molecule has 12 heteroatoms. The molecule has 2 aliphatic heterocycles. The molecule has 2 saturated heterocycles. The fourth-order valence-corrected chi connectivity index (χ4v) is 6.21. The Hall–Kier alpha value is -4.43. The van der Waals surface area contributed by atoms with Crippen LogP contribution in [0.1, 0.15) is 49.2 Å². The van der Waals surface area contributed by atoms with Gasteiger partial charge in [0.05, 0.1) is 31.5 Å². The Morgan fingerprint density at radius 1 is 0.692 bits per heavy atom. The SMILES string of the molecule is C=CCO[C@H]1[C@H](OC(=O)c2ccccc2)[C@@H](O[C@@H]2[C@H](OCc3ccccc3)[C@@H](OC(C)=O)O[C@@H]2[C@@H](C)OC(C)=O)O[C@@H](C)[C@H]1OCc1ccccc1. The molecule has 0 N–H and O–H groups in total. The largest absolute Gasteiger partial charge is 0.460 e. The molecule has 0 spiro atoms. The molecule has 0 radical (unpaired) electrons. The number of esters is 3. The van der Waals surface area contributed by atoms with E-state index in [4.69, 9.17) is 42.6 Å². The first-order chi connectivity index (χ1) is 25.1. The molecule has 12 nitrogen and oxygen atoms in total. The van der Waals surface area contributed by atoms with Crippen molar-refractivity contribution in [1.82, 2.24) is 0 Å². The molecule has 0 aliphatic carbocycles. The minimum Gasteiger partial charge on any atom is -0.460 e. The highest BCUT2D eigenvalue weighted by molar-refractivity contribution is 5.89. The Labute approximate surface area is 303 Å². The zero-order valence-electron chi connectivity index (χ0n) is 29.7. The molecular formula is C40H46O12. The molecule has 0 bridgehead atoms. The summed E-state index contributed by atoms with van der Waals surface area (Å²) >= 11 is 0. The van der Waals surface area contributed by atoms with Crippen LogP contribution in [-0.4, -0.2) is 85.9 Å². The van der Waals surface area contributed by atoms with Crippen molar-refractivity contribution in [1.29, 1.82) is 0 Å². The summed E-state index contributed by atoms with van der Waals surface area (Å²) in [5, 5.41) is 0. The minimum atomic E-state index is -1.28. The van der Waals surface area contributed by atoms with Crippen molar-refractivity contribution in [3.05, 3.63) is 120 Å². The van der Waals surface area contributed by atoms with Crippen LogP contribution in [0.15, 0.2) is 104 Å². The fourth-order valence-electron chi connectivity index (χ4n) is 6.21. The van der Waals surface area contributed by atoms with Crippen LogP contribution in [0.4, 0.5) is 0 Å². The van der Waals surface area contributed by atoms with Crippen LogP contribution in [0.5, 0.6) is 0 Å². The lowest BCUT2D eigenvalue weighted by molar-refractivity contribution is -0.323. The average molecular weight is 719 g/mol. The normalized spacial score (nSPS) is 27.7. The summed E-state index contributed by atoms with van der Waals surface area (Å²) in [5.41, 5.74) is 2.06. The predicted octanol–water partition coefficient (Wildman–Crippen LogP) is 5.32. The number of hydrogen-bond donors (Lipinski definition) is 0.